The van der Waals surface area contributed by atoms with Gasteiger partial charge in [-0.15, -0.1) is 0 Å². The van der Waals surface area contributed by atoms with Crippen LogP contribution in [0.25, 0.3) is 10.8 Å². The van der Waals surface area contributed by atoms with Crippen LogP contribution < -0.4 is 0 Å². The highest BCUT2D eigenvalue weighted by molar-refractivity contribution is 7.80. The van der Waals surface area contributed by atoms with E-state index in [4.69, 9.17) is 4.74 Å². The van der Waals surface area contributed by atoms with Gasteiger partial charge in [0.2, 0.25) is 0 Å². The second kappa shape index (κ2) is 9.50. The first-order valence-electron chi connectivity index (χ1n) is 10.8. The van der Waals surface area contributed by atoms with Crippen molar-refractivity contribution in [3.8, 4) is 0 Å². The van der Waals surface area contributed by atoms with E-state index in [0.29, 0.717) is 11.3 Å². The Morgan fingerprint density at radius 3 is 2.76 bits per heavy atom. The second-order valence-corrected chi connectivity index (χ2v) is 9.27. The maximum absolute atomic E-state index is 13.4. The Balaban J connectivity index is 1.48. The van der Waals surface area contributed by atoms with Crippen LogP contribution in [-0.2, 0) is 4.74 Å². The minimum atomic E-state index is 0.153. The largest absolute Gasteiger partial charge is 0.385 e. The van der Waals surface area contributed by atoms with Crippen molar-refractivity contribution in [2.75, 3.05) is 39.9 Å². The molecule has 1 aliphatic carbocycles. The molecule has 5 heteroatoms. The molecule has 2 aromatic carbocycles. The Kier molecular flexibility index (Phi) is 6.78. The number of amides is 1. The average Bonchev–Trinajstić information content (AvgIpc) is 3.16. The lowest BCUT2D eigenvalue weighted by atomic mass is 10.0. The first-order valence-corrected chi connectivity index (χ1v) is 11.4. The van der Waals surface area contributed by atoms with Gasteiger partial charge in [-0.05, 0) is 48.4 Å². The maximum Gasteiger partial charge on any atom is 0.254 e. The molecule has 1 saturated heterocycles. The molecule has 2 aromatic rings. The molecule has 1 aliphatic heterocycles. The molecule has 156 valence electrons. The molecule has 1 unspecified atom stereocenters. The second-order valence-electron chi connectivity index (χ2n) is 8.54. The van der Waals surface area contributed by atoms with Gasteiger partial charge in [0, 0.05) is 56.8 Å². The zero-order valence-electron chi connectivity index (χ0n) is 17.3. The number of ether oxygens (including phenoxy) is 1. The summed E-state index contributed by atoms with van der Waals surface area (Å²) in [6, 6.07) is 14.5. The fraction of sp³-hybridized carbons (Fsp3) is 0.542. The number of carbonyl (C=O) groups is 1. The summed E-state index contributed by atoms with van der Waals surface area (Å²) in [6.07, 6.45) is 4.69. The fourth-order valence-corrected chi connectivity index (χ4v) is 5.42. The van der Waals surface area contributed by atoms with Crippen molar-refractivity contribution in [1.82, 2.24) is 9.80 Å². The summed E-state index contributed by atoms with van der Waals surface area (Å²) in [4.78, 5) is 18.0. The predicted octanol–water partition coefficient (Wildman–Crippen LogP) is 4.10. The molecule has 2 aliphatic rings. The van der Waals surface area contributed by atoms with E-state index in [1.807, 2.05) is 24.3 Å². The van der Waals surface area contributed by atoms with Crippen LogP contribution in [0.3, 0.4) is 0 Å². The number of hydrogen-bond acceptors (Lipinski definition) is 4. The molecular weight excluding hydrogens is 380 g/mol. The Hall–Kier alpha value is -1.56. The molecule has 0 aromatic heterocycles. The Bertz CT molecular complexity index is 837. The third-order valence-corrected chi connectivity index (χ3v) is 7.04. The van der Waals surface area contributed by atoms with Crippen LogP contribution in [0.1, 0.15) is 36.0 Å². The molecule has 29 heavy (non-hydrogen) atoms. The van der Waals surface area contributed by atoms with Crippen LogP contribution in [0.15, 0.2) is 42.5 Å². The number of rotatable bonds is 6. The minimum Gasteiger partial charge on any atom is -0.385 e. The quantitative estimate of drug-likeness (QED) is 0.725. The summed E-state index contributed by atoms with van der Waals surface area (Å²) in [5.41, 5.74) is 0.816. The van der Waals surface area contributed by atoms with E-state index in [1.54, 1.807) is 7.11 Å². The van der Waals surface area contributed by atoms with E-state index in [9.17, 15) is 4.79 Å². The number of hydrogen-bond donors (Lipinski definition) is 1. The summed E-state index contributed by atoms with van der Waals surface area (Å²) >= 11 is 4.67. The molecule has 1 heterocycles. The van der Waals surface area contributed by atoms with Crippen molar-refractivity contribution in [1.29, 1.82) is 0 Å². The van der Waals surface area contributed by atoms with Crippen LogP contribution in [0.5, 0.6) is 0 Å². The van der Waals surface area contributed by atoms with Crippen molar-refractivity contribution in [3.63, 3.8) is 0 Å². The number of benzene rings is 2. The molecule has 0 bridgehead atoms. The molecule has 2 fully saturated rings. The van der Waals surface area contributed by atoms with Gasteiger partial charge in [-0.3, -0.25) is 9.69 Å². The van der Waals surface area contributed by atoms with Gasteiger partial charge < -0.3 is 9.64 Å². The van der Waals surface area contributed by atoms with Crippen molar-refractivity contribution < 1.29 is 9.53 Å². The molecular formula is C24H32N2O2S. The van der Waals surface area contributed by atoms with Crippen LogP contribution in [0.2, 0.25) is 0 Å². The summed E-state index contributed by atoms with van der Waals surface area (Å²) in [5, 5.41) is 2.73. The van der Waals surface area contributed by atoms with Gasteiger partial charge in [-0.25, -0.2) is 0 Å². The summed E-state index contributed by atoms with van der Waals surface area (Å²) in [6.45, 7) is 4.38. The van der Waals surface area contributed by atoms with Crippen LogP contribution in [0.4, 0.5) is 0 Å². The van der Waals surface area contributed by atoms with E-state index < -0.39 is 0 Å². The number of fused-ring (bicyclic) bond motifs is 1. The predicted molar refractivity (Wildman–Crippen MR) is 122 cm³/mol. The standard InChI is InChI=1S/C24H32N2O2S/c1-28-14-11-20-17-26(13-12-25(20)16-18-9-10-21(29)15-18)24(27)23-8-4-6-19-5-2-3-7-22(19)23/h2-8,18,20-21,29H,9-17H2,1H3/t18-,20?,21+/m1/s1. The summed E-state index contributed by atoms with van der Waals surface area (Å²) in [7, 11) is 1.76. The van der Waals surface area contributed by atoms with Crippen molar-refractivity contribution >= 4 is 29.3 Å². The first-order chi connectivity index (χ1) is 14.2. The van der Waals surface area contributed by atoms with Gasteiger partial charge in [0.1, 0.15) is 0 Å². The zero-order chi connectivity index (χ0) is 20.2. The van der Waals surface area contributed by atoms with E-state index in [0.717, 1.165) is 61.5 Å². The Morgan fingerprint density at radius 2 is 1.97 bits per heavy atom. The number of piperazine rings is 1. The third kappa shape index (κ3) is 4.79. The fourth-order valence-electron chi connectivity index (χ4n) is 4.97. The molecule has 1 amide bonds. The van der Waals surface area contributed by atoms with Gasteiger partial charge in [-0.1, -0.05) is 36.4 Å². The van der Waals surface area contributed by atoms with Gasteiger partial charge in [0.25, 0.3) is 5.91 Å². The van der Waals surface area contributed by atoms with Gasteiger partial charge in [-0.2, -0.15) is 12.6 Å². The van der Waals surface area contributed by atoms with Crippen molar-refractivity contribution in [2.45, 2.75) is 37.0 Å². The van der Waals surface area contributed by atoms with Gasteiger partial charge in [0.05, 0.1) is 0 Å². The monoisotopic (exact) mass is 412 g/mol. The number of nitrogens with zero attached hydrogens (tertiary/aromatic N) is 2. The van der Waals surface area contributed by atoms with Gasteiger partial charge in [0.15, 0.2) is 0 Å². The molecule has 0 radical (unpaired) electrons. The highest BCUT2D eigenvalue weighted by Crippen LogP contribution is 2.31. The lowest BCUT2D eigenvalue weighted by Gasteiger charge is -2.42. The smallest absolute Gasteiger partial charge is 0.254 e. The Labute approximate surface area is 179 Å². The molecule has 1 saturated carbocycles. The van der Waals surface area contributed by atoms with E-state index in [-0.39, 0.29) is 5.91 Å². The van der Waals surface area contributed by atoms with Crippen LogP contribution in [0, 0.1) is 5.92 Å². The normalized spacial score (nSPS) is 25.6. The maximum atomic E-state index is 13.4. The number of thiol groups is 1. The Morgan fingerprint density at radius 1 is 1.14 bits per heavy atom. The van der Waals surface area contributed by atoms with Gasteiger partial charge >= 0.3 is 0 Å². The third-order valence-electron chi connectivity index (χ3n) is 6.57. The highest BCUT2D eigenvalue weighted by atomic mass is 32.1. The lowest BCUT2D eigenvalue weighted by Crippen LogP contribution is -2.56. The van der Waals surface area contributed by atoms with Crippen LogP contribution in [-0.4, -0.2) is 66.9 Å². The SMILES string of the molecule is COCCC1CN(C(=O)c2cccc3ccccc23)CCN1C[C@@H]1CC[C@H](S)C1. The molecule has 3 atom stereocenters. The van der Waals surface area contributed by atoms with E-state index in [2.05, 4.69) is 40.6 Å². The summed E-state index contributed by atoms with van der Waals surface area (Å²) in [5.74, 6) is 0.892. The zero-order valence-corrected chi connectivity index (χ0v) is 18.2. The first kappa shape index (κ1) is 20.7. The summed E-state index contributed by atoms with van der Waals surface area (Å²) < 4.78 is 5.38. The van der Waals surface area contributed by atoms with E-state index >= 15 is 0 Å². The minimum absolute atomic E-state index is 0.153. The number of methoxy groups -OCH3 is 1. The van der Waals surface area contributed by atoms with Crippen molar-refractivity contribution in [2.24, 2.45) is 5.92 Å². The molecule has 4 rings (SSSR count). The lowest BCUT2D eigenvalue weighted by molar-refractivity contribution is 0.0343. The average molecular weight is 413 g/mol. The van der Waals surface area contributed by atoms with Crippen molar-refractivity contribution in [3.05, 3.63) is 48.0 Å². The van der Waals surface area contributed by atoms with E-state index in [1.165, 1.54) is 19.3 Å². The van der Waals surface area contributed by atoms with Crippen LogP contribution >= 0.6 is 12.6 Å². The molecule has 0 spiro atoms. The molecule has 0 N–H and O–H groups in total. The topological polar surface area (TPSA) is 32.8 Å². The highest BCUT2D eigenvalue weighted by Gasteiger charge is 2.33. The molecule has 4 nitrogen and oxygen atoms in total. The number of carbonyl (C=O) groups excluding carboxylic acids is 1.